The molecule has 26 heteroatoms. The van der Waals surface area contributed by atoms with Gasteiger partial charge in [-0.2, -0.15) is 13.2 Å². The van der Waals surface area contributed by atoms with E-state index < -0.39 is 52.9 Å². The first-order chi connectivity index (χ1) is 27.8. The van der Waals surface area contributed by atoms with Crippen molar-refractivity contribution in [1.29, 1.82) is 0 Å². The van der Waals surface area contributed by atoms with Gasteiger partial charge in [0.2, 0.25) is 0 Å². The predicted molar refractivity (Wildman–Crippen MR) is 201 cm³/mol. The molecule has 0 spiro atoms. The van der Waals surface area contributed by atoms with E-state index in [1.165, 1.54) is 50.5 Å². The van der Waals surface area contributed by atoms with Crippen LogP contribution < -0.4 is 0 Å². The predicted octanol–water partition coefficient (Wildman–Crippen LogP) is 8.33. The maximum Gasteiger partial charge on any atom is 0.416 e. The average molecular weight is 846 g/mol. The Morgan fingerprint density at radius 3 is 1.45 bits per heavy atom. The maximum absolute atomic E-state index is 12.1. The zero-order valence-corrected chi connectivity index (χ0v) is 31.5. The number of aryl methyl sites for hydroxylation is 5. The molecule has 0 aliphatic carbocycles. The van der Waals surface area contributed by atoms with E-state index in [2.05, 4.69) is 15.0 Å². The molecule has 5 rings (SSSR count). The zero-order chi connectivity index (χ0) is 46.1. The molecule has 2 aromatic carbocycles. The van der Waals surface area contributed by atoms with Crippen molar-refractivity contribution in [3.05, 3.63) is 185 Å². The summed E-state index contributed by atoms with van der Waals surface area (Å²) < 4.78 is 36.4. The van der Waals surface area contributed by atoms with Crippen LogP contribution in [0, 0.1) is 95.3 Å². The first kappa shape index (κ1) is 49.6. The molecule has 0 saturated heterocycles. The topological polar surface area (TPSA) is 335 Å². The molecule has 0 saturated carbocycles. The van der Waals surface area contributed by atoms with Gasteiger partial charge in [-0.05, 0) is 58.9 Å². The minimum atomic E-state index is -4.54. The lowest BCUT2D eigenvalue weighted by Crippen LogP contribution is -2.05. The Morgan fingerprint density at radius 1 is 0.550 bits per heavy atom. The minimum absolute atomic E-state index is 0.0330. The number of carboxylic acid groups (broad SMARTS) is 1. The molecule has 0 aliphatic rings. The van der Waals surface area contributed by atoms with Crippen LogP contribution in [0.2, 0.25) is 0 Å². The number of rotatable bonds is 7. The molecule has 0 bridgehead atoms. The molecular weight excluding hydrogens is 815 g/mol. The first-order valence-electron chi connectivity index (χ1n) is 16.0. The summed E-state index contributed by atoms with van der Waals surface area (Å²) in [4.78, 5) is 79.3. The first-order valence-corrected chi connectivity index (χ1v) is 16.0. The molecule has 23 nitrogen and oxygen atoms in total. The van der Waals surface area contributed by atoms with Gasteiger partial charge in [0.1, 0.15) is 23.8 Å². The molecule has 0 radical (unpaired) electrons. The maximum atomic E-state index is 12.1. The largest absolute Gasteiger partial charge is 0.478 e. The molecular formula is C34H30F3N9O14. The summed E-state index contributed by atoms with van der Waals surface area (Å²) in [5, 5.41) is 70.1. The molecule has 0 atom stereocenters. The molecule has 60 heavy (non-hydrogen) atoms. The lowest BCUT2D eigenvalue weighted by molar-refractivity contribution is -0.395. The quantitative estimate of drug-likeness (QED) is 0.119. The van der Waals surface area contributed by atoms with Gasteiger partial charge < -0.3 is 5.11 Å². The zero-order valence-electron chi connectivity index (χ0n) is 31.5. The third-order valence-corrected chi connectivity index (χ3v) is 7.12. The SMILES string of the molecule is Cc1ccc(C(=O)O)cc1[N+](=O)[O-].Cc1ccc(C(F)(F)F)cc1[N+](=O)[O-].Cc1ccc([N+](=O)[O-])cn1.Cc1ncc([N+](=O)[O-])cc1[N+](=O)[O-].Cc1ncccc1[N+](=O)[O-]. The highest BCUT2D eigenvalue weighted by Gasteiger charge is 2.32. The number of aromatic carboxylic acids is 1. The Hall–Kier alpha value is -8.45. The van der Waals surface area contributed by atoms with Gasteiger partial charge in [0.15, 0.2) is 0 Å². The highest BCUT2D eigenvalue weighted by atomic mass is 19.4. The van der Waals surface area contributed by atoms with Gasteiger partial charge in [-0.15, -0.1) is 0 Å². The van der Waals surface area contributed by atoms with E-state index in [9.17, 15) is 78.7 Å². The average Bonchev–Trinajstić information content (AvgIpc) is 3.15. The van der Waals surface area contributed by atoms with E-state index in [4.69, 9.17) is 5.11 Å². The highest BCUT2D eigenvalue weighted by molar-refractivity contribution is 5.88. The molecule has 0 unspecified atom stereocenters. The highest BCUT2D eigenvalue weighted by Crippen LogP contribution is 2.32. The second-order valence-electron chi connectivity index (χ2n) is 11.4. The number of aromatic nitrogens is 3. The number of nitro groups is 6. The number of nitrogens with zero attached hydrogens (tertiary/aromatic N) is 9. The molecule has 3 heterocycles. The number of hydrogen-bond acceptors (Lipinski definition) is 16. The Labute approximate surface area is 333 Å². The van der Waals surface area contributed by atoms with E-state index in [0.717, 1.165) is 36.2 Å². The normalized spacial score (nSPS) is 9.93. The number of carbonyl (C=O) groups is 1. The van der Waals surface area contributed by atoms with Crippen LogP contribution in [0.4, 0.5) is 47.3 Å². The van der Waals surface area contributed by atoms with E-state index in [0.29, 0.717) is 17.3 Å². The van der Waals surface area contributed by atoms with E-state index in [1.807, 2.05) is 0 Å². The van der Waals surface area contributed by atoms with Crippen molar-refractivity contribution in [2.45, 2.75) is 40.8 Å². The Balaban J connectivity index is 0.000000377. The molecule has 0 aliphatic heterocycles. The summed E-state index contributed by atoms with van der Waals surface area (Å²) in [6.07, 6.45) is -0.779. The number of benzene rings is 2. The van der Waals surface area contributed by atoms with Crippen molar-refractivity contribution < 1.29 is 52.6 Å². The summed E-state index contributed by atoms with van der Waals surface area (Å²) in [5.74, 6) is -1.16. The van der Waals surface area contributed by atoms with Crippen molar-refractivity contribution >= 4 is 40.1 Å². The van der Waals surface area contributed by atoms with Gasteiger partial charge in [-0.25, -0.2) is 9.78 Å². The number of nitro benzene ring substituents is 2. The Bertz CT molecular complexity index is 2320. The van der Waals surface area contributed by atoms with Crippen molar-refractivity contribution in [2.24, 2.45) is 0 Å². The van der Waals surface area contributed by atoms with Gasteiger partial charge in [-0.3, -0.25) is 70.7 Å². The second kappa shape index (κ2) is 22.3. The van der Waals surface area contributed by atoms with Crippen LogP contribution in [-0.4, -0.2) is 55.6 Å². The van der Waals surface area contributed by atoms with Crippen molar-refractivity contribution in [3.8, 4) is 0 Å². The molecule has 3 aromatic heterocycles. The lowest BCUT2D eigenvalue weighted by Gasteiger charge is -2.06. The summed E-state index contributed by atoms with van der Waals surface area (Å²) >= 11 is 0. The fourth-order valence-corrected chi connectivity index (χ4v) is 3.95. The minimum Gasteiger partial charge on any atom is -0.478 e. The summed E-state index contributed by atoms with van der Waals surface area (Å²) in [7, 11) is 0. The summed E-state index contributed by atoms with van der Waals surface area (Å²) in [5.41, 5.74) is -0.307. The van der Waals surface area contributed by atoms with Crippen LogP contribution in [0.1, 0.15) is 44.1 Å². The summed E-state index contributed by atoms with van der Waals surface area (Å²) in [6, 6.07) is 13.2. The van der Waals surface area contributed by atoms with Crippen molar-refractivity contribution in [2.75, 3.05) is 0 Å². The molecule has 1 N–H and O–H groups in total. The van der Waals surface area contributed by atoms with Crippen LogP contribution in [0.25, 0.3) is 0 Å². The number of carboxylic acids is 1. The van der Waals surface area contributed by atoms with Crippen molar-refractivity contribution in [1.82, 2.24) is 15.0 Å². The standard InChI is InChI=1S/C8H6F3NO2.C8H7NO4.C6H5N3O4.2C6H6N2O2/c1-5-2-3-6(8(9,10)11)4-7(5)12(13)14;1-5-2-3-6(8(10)11)4-7(5)9(12)13;1-4-6(9(12)13)2-5(3-7-4)8(10)11;1-5-2-3-6(4-7-5)8(9)10;1-5-6(8(9)10)3-2-4-7-5/h2-4H,1H3;2-4H,1H3,(H,10,11);2-3H,1H3;2*2-4H,1H3. The van der Waals surface area contributed by atoms with Crippen LogP contribution in [0.5, 0.6) is 0 Å². The number of alkyl halides is 3. The molecule has 316 valence electrons. The van der Waals surface area contributed by atoms with E-state index >= 15 is 0 Å². The van der Waals surface area contributed by atoms with Crippen LogP contribution in [-0.2, 0) is 6.18 Å². The monoisotopic (exact) mass is 845 g/mol. The second-order valence-corrected chi connectivity index (χ2v) is 11.4. The number of pyridine rings is 3. The third-order valence-electron chi connectivity index (χ3n) is 7.12. The Kier molecular flexibility index (Phi) is 18.4. The lowest BCUT2D eigenvalue weighted by atomic mass is 10.1. The number of halogens is 3. The van der Waals surface area contributed by atoms with Crippen LogP contribution in [0.3, 0.4) is 0 Å². The smallest absolute Gasteiger partial charge is 0.416 e. The van der Waals surface area contributed by atoms with Crippen LogP contribution >= 0.6 is 0 Å². The van der Waals surface area contributed by atoms with Gasteiger partial charge >= 0.3 is 12.1 Å². The molecule has 0 amide bonds. The molecule has 0 fully saturated rings. The van der Waals surface area contributed by atoms with Gasteiger partial charge in [0, 0.05) is 47.3 Å². The Morgan fingerprint density at radius 2 is 1.03 bits per heavy atom. The summed E-state index contributed by atoms with van der Waals surface area (Å²) in [6.45, 7) is 7.76. The fraction of sp³-hybridized carbons (Fsp3) is 0.176. The number of hydrogen-bond donors (Lipinski definition) is 1. The fourth-order valence-electron chi connectivity index (χ4n) is 3.95. The van der Waals surface area contributed by atoms with E-state index in [-0.39, 0.29) is 45.3 Å². The van der Waals surface area contributed by atoms with Crippen LogP contribution in [0.15, 0.2) is 85.3 Å². The molecule has 5 aromatic rings. The van der Waals surface area contributed by atoms with Gasteiger partial charge in [0.05, 0.1) is 46.7 Å². The van der Waals surface area contributed by atoms with Crippen molar-refractivity contribution in [3.63, 3.8) is 0 Å². The van der Waals surface area contributed by atoms with Gasteiger partial charge in [0.25, 0.3) is 34.1 Å². The van der Waals surface area contributed by atoms with Gasteiger partial charge in [-0.1, -0.05) is 12.1 Å². The van der Waals surface area contributed by atoms with E-state index in [1.54, 1.807) is 32.9 Å². The third kappa shape index (κ3) is 16.0.